The molecule has 0 saturated heterocycles. The monoisotopic (exact) mass is 324 g/mol. The molecule has 19 heavy (non-hydrogen) atoms. The fraction of sp³-hybridized carbons (Fsp3) is 0.214. The molecule has 0 fully saturated rings. The molecule has 0 saturated carbocycles. The van der Waals surface area contributed by atoms with Crippen LogP contribution >= 0.6 is 15.9 Å². The van der Waals surface area contributed by atoms with Crippen LogP contribution in [0.3, 0.4) is 0 Å². The van der Waals surface area contributed by atoms with Gasteiger partial charge in [0, 0.05) is 6.07 Å². The van der Waals surface area contributed by atoms with E-state index in [2.05, 4.69) is 26.2 Å². The predicted octanol–water partition coefficient (Wildman–Crippen LogP) is 3.99. The molecule has 0 aliphatic carbocycles. The first-order valence-corrected chi connectivity index (χ1v) is 6.76. The van der Waals surface area contributed by atoms with Gasteiger partial charge in [-0.15, -0.1) is 0 Å². The highest BCUT2D eigenvalue weighted by molar-refractivity contribution is 9.10. The van der Waals surface area contributed by atoms with Crippen molar-refractivity contribution in [1.29, 1.82) is 0 Å². The molecule has 100 valence electrons. The van der Waals surface area contributed by atoms with Crippen molar-refractivity contribution < 1.29 is 9.13 Å². The van der Waals surface area contributed by atoms with E-state index in [0.29, 0.717) is 18.9 Å². The van der Waals surface area contributed by atoms with Gasteiger partial charge in [-0.2, -0.15) is 0 Å². The van der Waals surface area contributed by atoms with Gasteiger partial charge in [-0.1, -0.05) is 6.07 Å². The van der Waals surface area contributed by atoms with E-state index < -0.39 is 0 Å². The Labute approximate surface area is 119 Å². The maximum atomic E-state index is 13.2. The lowest BCUT2D eigenvalue weighted by atomic mass is 10.2. The Hall–Kier alpha value is -1.62. The van der Waals surface area contributed by atoms with E-state index in [0.717, 1.165) is 16.0 Å². The van der Waals surface area contributed by atoms with Crippen molar-refractivity contribution in [3.8, 4) is 5.75 Å². The molecule has 0 aliphatic heterocycles. The molecule has 1 aromatic carbocycles. The van der Waals surface area contributed by atoms with Crippen LogP contribution in [0.25, 0.3) is 0 Å². The second kappa shape index (κ2) is 6.52. The third kappa shape index (κ3) is 3.92. The zero-order valence-electron chi connectivity index (χ0n) is 10.5. The number of benzene rings is 1. The zero-order chi connectivity index (χ0) is 13.7. The third-order valence-electron chi connectivity index (χ3n) is 2.48. The summed E-state index contributed by atoms with van der Waals surface area (Å²) in [5, 5.41) is 3.19. The molecule has 2 rings (SSSR count). The molecule has 0 amide bonds. The minimum Gasteiger partial charge on any atom is -0.492 e. The highest BCUT2D eigenvalue weighted by atomic mass is 79.9. The van der Waals surface area contributed by atoms with Gasteiger partial charge >= 0.3 is 0 Å². The zero-order valence-corrected chi connectivity index (χ0v) is 12.1. The van der Waals surface area contributed by atoms with Gasteiger partial charge in [0.25, 0.3) is 0 Å². The van der Waals surface area contributed by atoms with Crippen molar-refractivity contribution in [2.24, 2.45) is 0 Å². The van der Waals surface area contributed by atoms with E-state index in [-0.39, 0.29) is 5.82 Å². The largest absolute Gasteiger partial charge is 0.492 e. The summed E-state index contributed by atoms with van der Waals surface area (Å²) in [6.07, 6.45) is 0. The smallest absolute Gasteiger partial charge is 0.145 e. The van der Waals surface area contributed by atoms with Gasteiger partial charge < -0.3 is 10.1 Å². The summed E-state index contributed by atoms with van der Waals surface area (Å²) < 4.78 is 19.3. The van der Waals surface area contributed by atoms with Gasteiger partial charge in [-0.05, 0) is 47.1 Å². The van der Waals surface area contributed by atoms with Crippen LogP contribution < -0.4 is 10.1 Å². The number of halogens is 2. The summed E-state index contributed by atoms with van der Waals surface area (Å²) in [5.74, 6) is 0.201. The number of anilines is 1. The molecule has 2 aromatic rings. The molecule has 0 bridgehead atoms. The van der Waals surface area contributed by atoms with Crippen molar-refractivity contribution in [3.05, 3.63) is 52.5 Å². The van der Waals surface area contributed by atoms with Crippen LogP contribution in [0.1, 0.15) is 12.6 Å². The van der Waals surface area contributed by atoms with Crippen LogP contribution in [-0.4, -0.2) is 11.6 Å². The molecule has 1 heterocycles. The molecule has 5 heteroatoms. The van der Waals surface area contributed by atoms with Crippen molar-refractivity contribution in [3.63, 3.8) is 0 Å². The van der Waals surface area contributed by atoms with Crippen LogP contribution in [0.4, 0.5) is 10.1 Å². The number of aromatic nitrogens is 1. The van der Waals surface area contributed by atoms with Crippen LogP contribution in [0.5, 0.6) is 5.75 Å². The Morgan fingerprint density at radius 1 is 1.32 bits per heavy atom. The van der Waals surface area contributed by atoms with E-state index >= 15 is 0 Å². The maximum absolute atomic E-state index is 13.2. The van der Waals surface area contributed by atoms with Crippen LogP contribution in [0, 0.1) is 5.82 Å². The number of pyridine rings is 1. The van der Waals surface area contributed by atoms with Gasteiger partial charge in [0.2, 0.25) is 0 Å². The van der Waals surface area contributed by atoms with Crippen LogP contribution in [0.2, 0.25) is 0 Å². The number of nitrogens with zero attached hydrogens (tertiary/aromatic N) is 1. The highest BCUT2D eigenvalue weighted by Crippen LogP contribution is 2.25. The number of ether oxygens (including phenoxy) is 1. The first-order valence-electron chi connectivity index (χ1n) is 5.96. The molecule has 1 aromatic heterocycles. The number of rotatable bonds is 5. The summed E-state index contributed by atoms with van der Waals surface area (Å²) in [4.78, 5) is 4.32. The summed E-state index contributed by atoms with van der Waals surface area (Å²) in [7, 11) is 0. The van der Waals surface area contributed by atoms with E-state index in [4.69, 9.17) is 4.74 Å². The quantitative estimate of drug-likeness (QED) is 0.844. The average Bonchev–Trinajstić information content (AvgIpc) is 2.38. The van der Waals surface area contributed by atoms with Crippen LogP contribution in [0.15, 0.2) is 41.0 Å². The molecular weight excluding hydrogens is 311 g/mol. The van der Waals surface area contributed by atoms with Gasteiger partial charge in [0.15, 0.2) is 0 Å². The van der Waals surface area contributed by atoms with Gasteiger partial charge in [0.1, 0.15) is 16.2 Å². The van der Waals surface area contributed by atoms with E-state index in [1.807, 2.05) is 25.1 Å². The van der Waals surface area contributed by atoms with Crippen LogP contribution in [-0.2, 0) is 6.54 Å². The van der Waals surface area contributed by atoms with Gasteiger partial charge in [-0.3, -0.25) is 0 Å². The molecule has 3 nitrogen and oxygen atoms in total. The molecule has 0 spiro atoms. The molecular formula is C14H14BrFN2O. The summed E-state index contributed by atoms with van der Waals surface area (Å²) >= 11 is 3.32. The van der Waals surface area contributed by atoms with Crippen molar-refractivity contribution in [2.45, 2.75) is 13.5 Å². The number of hydrogen-bond acceptors (Lipinski definition) is 3. The van der Waals surface area contributed by atoms with E-state index in [1.165, 1.54) is 12.1 Å². The van der Waals surface area contributed by atoms with Crippen molar-refractivity contribution >= 4 is 21.6 Å². The first kappa shape index (κ1) is 13.8. The molecule has 0 unspecified atom stereocenters. The van der Waals surface area contributed by atoms with E-state index in [1.54, 1.807) is 6.07 Å². The topological polar surface area (TPSA) is 34.1 Å². The summed E-state index contributed by atoms with van der Waals surface area (Å²) in [6, 6.07) is 10.1. The molecule has 0 atom stereocenters. The van der Waals surface area contributed by atoms with Crippen molar-refractivity contribution in [2.75, 3.05) is 11.9 Å². The minimum atomic E-state index is -0.311. The lowest BCUT2D eigenvalue weighted by Gasteiger charge is -2.12. The Morgan fingerprint density at radius 2 is 2.16 bits per heavy atom. The van der Waals surface area contributed by atoms with Gasteiger partial charge in [0.05, 0.1) is 24.5 Å². The standard InChI is InChI=1S/C14H14BrFN2O/c1-2-19-13-8-10(16)6-7-12(13)17-9-11-4-3-5-14(15)18-11/h3-8,17H,2,9H2,1H3. The number of nitrogens with one attached hydrogen (secondary N) is 1. The number of hydrogen-bond donors (Lipinski definition) is 1. The molecule has 0 radical (unpaired) electrons. The Balaban J connectivity index is 2.10. The maximum Gasteiger partial charge on any atom is 0.145 e. The summed E-state index contributed by atoms with van der Waals surface area (Å²) in [6.45, 7) is 2.91. The SMILES string of the molecule is CCOc1cc(F)ccc1NCc1cccc(Br)n1. The lowest BCUT2D eigenvalue weighted by Crippen LogP contribution is -2.04. The Bertz CT molecular complexity index is 563. The fourth-order valence-corrected chi connectivity index (χ4v) is 2.03. The molecule has 1 N–H and O–H groups in total. The predicted molar refractivity (Wildman–Crippen MR) is 76.8 cm³/mol. The lowest BCUT2D eigenvalue weighted by molar-refractivity contribution is 0.339. The normalized spacial score (nSPS) is 10.3. The van der Waals surface area contributed by atoms with Gasteiger partial charge in [-0.25, -0.2) is 9.37 Å². The minimum absolute atomic E-state index is 0.311. The Morgan fingerprint density at radius 3 is 2.89 bits per heavy atom. The second-order valence-corrected chi connectivity index (χ2v) is 4.69. The highest BCUT2D eigenvalue weighted by Gasteiger charge is 2.05. The van der Waals surface area contributed by atoms with Crippen molar-refractivity contribution in [1.82, 2.24) is 4.98 Å². The molecule has 0 aliphatic rings. The summed E-state index contributed by atoms with van der Waals surface area (Å²) in [5.41, 5.74) is 1.64. The average molecular weight is 325 g/mol. The fourth-order valence-electron chi connectivity index (χ4n) is 1.65. The Kier molecular flexibility index (Phi) is 4.74. The first-order chi connectivity index (χ1) is 9.19. The third-order valence-corrected chi connectivity index (χ3v) is 2.92. The van der Waals surface area contributed by atoms with E-state index in [9.17, 15) is 4.39 Å². The second-order valence-electron chi connectivity index (χ2n) is 3.88.